The first kappa shape index (κ1) is 15.7. The van der Waals surface area contributed by atoms with Gasteiger partial charge in [-0.25, -0.2) is 0 Å². The first-order chi connectivity index (χ1) is 11.1. The van der Waals surface area contributed by atoms with Crippen molar-refractivity contribution >= 4 is 5.91 Å². The molecular formula is C17H21N3O3. The zero-order valence-electron chi connectivity index (χ0n) is 13.5. The zero-order valence-corrected chi connectivity index (χ0v) is 13.5. The van der Waals surface area contributed by atoms with Crippen LogP contribution in [0.5, 0.6) is 0 Å². The average Bonchev–Trinajstić information content (AvgIpc) is 3.08. The summed E-state index contributed by atoms with van der Waals surface area (Å²) in [5, 5.41) is 3.85. The van der Waals surface area contributed by atoms with E-state index in [0.717, 1.165) is 6.42 Å². The van der Waals surface area contributed by atoms with Gasteiger partial charge in [0.1, 0.15) is 6.04 Å². The molecule has 122 valence electrons. The molecule has 6 heteroatoms. The largest absolute Gasteiger partial charge is 0.377 e. The molecule has 1 saturated heterocycles. The first-order valence-electron chi connectivity index (χ1n) is 7.85. The molecule has 0 radical (unpaired) electrons. The van der Waals surface area contributed by atoms with Crippen molar-refractivity contribution in [2.45, 2.75) is 32.7 Å². The maximum Gasteiger partial charge on any atom is 0.223 e. The summed E-state index contributed by atoms with van der Waals surface area (Å²) in [6, 6.07) is 6.09. The van der Waals surface area contributed by atoms with Crippen molar-refractivity contribution < 1.29 is 14.1 Å². The van der Waals surface area contributed by atoms with E-state index in [0.29, 0.717) is 32.0 Å². The highest BCUT2D eigenvalue weighted by Gasteiger charge is 2.31. The van der Waals surface area contributed by atoms with Crippen molar-refractivity contribution in [1.82, 2.24) is 15.0 Å². The third-order valence-corrected chi connectivity index (χ3v) is 4.23. The Bertz CT molecular complexity index is 670. The van der Waals surface area contributed by atoms with Crippen molar-refractivity contribution in [2.24, 2.45) is 0 Å². The van der Waals surface area contributed by atoms with Gasteiger partial charge < -0.3 is 14.2 Å². The van der Waals surface area contributed by atoms with Crippen LogP contribution in [0.4, 0.5) is 0 Å². The Kier molecular flexibility index (Phi) is 4.71. The van der Waals surface area contributed by atoms with E-state index < -0.39 is 0 Å². The number of morpholine rings is 1. The molecule has 1 amide bonds. The minimum absolute atomic E-state index is 0.100. The van der Waals surface area contributed by atoms with Crippen molar-refractivity contribution in [2.75, 3.05) is 19.8 Å². The topological polar surface area (TPSA) is 68.5 Å². The van der Waals surface area contributed by atoms with Gasteiger partial charge in [0.2, 0.25) is 12.3 Å². The van der Waals surface area contributed by atoms with Crippen molar-refractivity contribution in [1.29, 1.82) is 0 Å². The number of benzene rings is 1. The van der Waals surface area contributed by atoms with Crippen LogP contribution in [0.3, 0.4) is 0 Å². The Balaban J connectivity index is 1.66. The maximum atomic E-state index is 12.6. The predicted octanol–water partition coefficient (Wildman–Crippen LogP) is 2.22. The first-order valence-corrected chi connectivity index (χ1v) is 7.85. The Morgan fingerprint density at radius 3 is 3.00 bits per heavy atom. The normalized spacial score (nSPS) is 18.2. The van der Waals surface area contributed by atoms with E-state index in [1.54, 1.807) is 4.90 Å². The van der Waals surface area contributed by atoms with E-state index in [1.807, 2.05) is 0 Å². The maximum absolute atomic E-state index is 12.6. The lowest BCUT2D eigenvalue weighted by Gasteiger charge is -2.33. The number of amides is 1. The highest BCUT2D eigenvalue weighted by Crippen LogP contribution is 2.23. The molecule has 1 aromatic carbocycles. The fourth-order valence-corrected chi connectivity index (χ4v) is 2.95. The van der Waals surface area contributed by atoms with E-state index in [-0.39, 0.29) is 11.9 Å². The summed E-state index contributed by atoms with van der Waals surface area (Å²) in [4.78, 5) is 18.5. The van der Waals surface area contributed by atoms with E-state index in [9.17, 15) is 4.79 Å². The number of hydrogen-bond donors (Lipinski definition) is 0. The molecule has 1 fully saturated rings. The van der Waals surface area contributed by atoms with Crippen LogP contribution >= 0.6 is 0 Å². The molecule has 6 nitrogen and oxygen atoms in total. The molecule has 3 rings (SSSR count). The minimum Gasteiger partial charge on any atom is -0.377 e. The molecule has 1 aliphatic heterocycles. The van der Waals surface area contributed by atoms with E-state index >= 15 is 0 Å². The van der Waals surface area contributed by atoms with Crippen LogP contribution in [0.1, 0.15) is 35.0 Å². The van der Waals surface area contributed by atoms with Gasteiger partial charge in [-0.3, -0.25) is 4.79 Å². The number of aromatic nitrogens is 2. The van der Waals surface area contributed by atoms with Gasteiger partial charge in [0.05, 0.1) is 13.2 Å². The van der Waals surface area contributed by atoms with Gasteiger partial charge in [-0.2, -0.15) is 4.98 Å². The molecule has 23 heavy (non-hydrogen) atoms. The summed E-state index contributed by atoms with van der Waals surface area (Å²) >= 11 is 0. The van der Waals surface area contributed by atoms with Crippen LogP contribution < -0.4 is 0 Å². The second kappa shape index (κ2) is 6.91. The molecule has 0 N–H and O–H groups in total. The van der Waals surface area contributed by atoms with Crippen molar-refractivity contribution in [3.8, 4) is 0 Å². The lowest BCUT2D eigenvalue weighted by Crippen LogP contribution is -2.43. The molecule has 1 atom stereocenters. The van der Waals surface area contributed by atoms with Crippen molar-refractivity contribution in [3.05, 3.63) is 47.1 Å². The lowest BCUT2D eigenvalue weighted by molar-refractivity contribution is -0.140. The highest BCUT2D eigenvalue weighted by atomic mass is 16.5. The van der Waals surface area contributed by atoms with Gasteiger partial charge in [0, 0.05) is 13.0 Å². The molecule has 2 heterocycles. The monoisotopic (exact) mass is 315 g/mol. The number of ether oxygens (including phenoxy) is 1. The van der Waals surface area contributed by atoms with Gasteiger partial charge in [-0.1, -0.05) is 28.9 Å². The smallest absolute Gasteiger partial charge is 0.223 e. The highest BCUT2D eigenvalue weighted by molar-refractivity contribution is 5.77. The number of carbonyl (C=O) groups is 1. The summed E-state index contributed by atoms with van der Waals surface area (Å²) in [7, 11) is 0. The number of hydrogen-bond acceptors (Lipinski definition) is 5. The number of nitrogens with zero attached hydrogens (tertiary/aromatic N) is 3. The molecule has 2 aromatic rings. The Morgan fingerprint density at radius 2 is 2.26 bits per heavy atom. The summed E-state index contributed by atoms with van der Waals surface area (Å²) in [6.07, 6.45) is 2.49. The quantitative estimate of drug-likeness (QED) is 0.865. The molecule has 0 spiro atoms. The Morgan fingerprint density at radius 1 is 1.39 bits per heavy atom. The van der Waals surface area contributed by atoms with Gasteiger partial charge in [0.25, 0.3) is 0 Å². The standard InChI is InChI=1S/C17H21N3O3/c1-12-3-4-14(13(2)9-12)5-6-16(21)20-7-8-22-10-15(20)17-18-11-23-19-17/h3-4,9,11,15H,5-8,10H2,1-2H3/t15-/m0/s1. The van der Waals surface area contributed by atoms with Crippen LogP contribution in [0, 0.1) is 13.8 Å². The van der Waals surface area contributed by atoms with Crippen molar-refractivity contribution in [3.63, 3.8) is 0 Å². The van der Waals surface area contributed by atoms with Crippen LogP contribution in [0.25, 0.3) is 0 Å². The second-order valence-corrected chi connectivity index (χ2v) is 5.90. The fraction of sp³-hybridized carbons (Fsp3) is 0.471. The van der Waals surface area contributed by atoms with Crippen LogP contribution in [0.2, 0.25) is 0 Å². The number of rotatable bonds is 4. The molecule has 1 aliphatic rings. The molecule has 0 saturated carbocycles. The molecule has 0 bridgehead atoms. The van der Waals surface area contributed by atoms with Gasteiger partial charge in [-0.15, -0.1) is 0 Å². The van der Waals surface area contributed by atoms with Crippen LogP contribution in [-0.4, -0.2) is 40.7 Å². The summed E-state index contributed by atoms with van der Waals surface area (Å²) < 4.78 is 10.3. The number of aryl methyl sites for hydroxylation is 3. The van der Waals surface area contributed by atoms with Crippen LogP contribution in [0.15, 0.2) is 29.1 Å². The van der Waals surface area contributed by atoms with E-state index in [4.69, 9.17) is 9.26 Å². The predicted molar refractivity (Wildman–Crippen MR) is 83.8 cm³/mol. The summed E-state index contributed by atoms with van der Waals surface area (Å²) in [6.45, 7) is 5.68. The Hall–Kier alpha value is -2.21. The third kappa shape index (κ3) is 3.59. The summed E-state index contributed by atoms with van der Waals surface area (Å²) in [5.74, 6) is 0.604. The van der Waals surface area contributed by atoms with Gasteiger partial charge in [-0.05, 0) is 31.4 Å². The molecule has 0 aliphatic carbocycles. The number of carbonyl (C=O) groups excluding carboxylic acids is 1. The zero-order chi connectivity index (χ0) is 16.2. The van der Waals surface area contributed by atoms with Gasteiger partial charge in [0.15, 0.2) is 5.82 Å². The third-order valence-electron chi connectivity index (χ3n) is 4.23. The average molecular weight is 315 g/mol. The van der Waals surface area contributed by atoms with E-state index in [2.05, 4.69) is 42.2 Å². The molecular weight excluding hydrogens is 294 g/mol. The fourth-order valence-electron chi connectivity index (χ4n) is 2.95. The van der Waals surface area contributed by atoms with Crippen LogP contribution in [-0.2, 0) is 16.0 Å². The SMILES string of the molecule is Cc1ccc(CCC(=O)N2CCOC[C@H]2c2ncon2)c(C)c1. The lowest BCUT2D eigenvalue weighted by atomic mass is 10.0. The second-order valence-electron chi connectivity index (χ2n) is 5.90. The van der Waals surface area contributed by atoms with Gasteiger partial charge >= 0.3 is 0 Å². The minimum atomic E-state index is -0.255. The Labute approximate surface area is 135 Å². The van der Waals surface area contributed by atoms with E-state index in [1.165, 1.54) is 23.1 Å². The summed E-state index contributed by atoms with van der Waals surface area (Å²) in [5.41, 5.74) is 3.69. The molecule has 1 aromatic heterocycles. The molecule has 0 unspecified atom stereocenters.